The summed E-state index contributed by atoms with van der Waals surface area (Å²) >= 11 is 6.56. The average Bonchev–Trinajstić information content (AvgIpc) is 3.45. The van der Waals surface area contributed by atoms with Gasteiger partial charge < -0.3 is 19.6 Å². The lowest BCUT2D eigenvalue weighted by Gasteiger charge is -2.31. The minimum Gasteiger partial charge on any atom is -0.480 e. The van der Waals surface area contributed by atoms with Crippen LogP contribution in [-0.4, -0.2) is 36.1 Å². The van der Waals surface area contributed by atoms with Gasteiger partial charge >= 0.3 is 15.7 Å². The molecule has 1 unspecified atom stereocenters. The number of benzene rings is 4. The van der Waals surface area contributed by atoms with Crippen LogP contribution in [-0.2, 0) is 25.7 Å². The van der Waals surface area contributed by atoms with Gasteiger partial charge in [-0.05, 0) is 103 Å². The Morgan fingerprint density at radius 1 is 0.860 bits per heavy atom. The lowest BCUT2D eigenvalue weighted by atomic mass is 9.76. The van der Waals surface area contributed by atoms with Gasteiger partial charge in [0.05, 0.1) is 10.7 Å². The largest absolute Gasteiger partial charge is 0.480 e. The molecule has 4 aromatic carbocycles. The zero-order valence-corrected chi connectivity index (χ0v) is 35.4. The second-order valence-electron chi connectivity index (χ2n) is 15.4. The van der Waals surface area contributed by atoms with Gasteiger partial charge in [-0.3, -0.25) is 19.5 Å². The molecule has 0 aliphatic heterocycles. The number of halogens is 1. The smallest absolute Gasteiger partial charge is 0.339 e. The van der Waals surface area contributed by atoms with Crippen molar-refractivity contribution in [3.63, 3.8) is 0 Å². The molecule has 302 valence electrons. The summed E-state index contributed by atoms with van der Waals surface area (Å²) in [6.07, 6.45) is 1.37. The molecule has 0 fully saturated rings. The van der Waals surface area contributed by atoms with Gasteiger partial charge in [0.25, 0.3) is 17.6 Å². The third kappa shape index (κ3) is 9.45. The maximum absolute atomic E-state index is 13.8. The third-order valence-corrected chi connectivity index (χ3v) is 12.0. The average molecular weight is 815 g/mol. The number of hydrogen-bond acceptors (Lipinski definition) is 7. The van der Waals surface area contributed by atoms with Gasteiger partial charge in [0.1, 0.15) is 10.6 Å². The molecular formula is C44H51ClN4O7S. The first-order chi connectivity index (χ1) is 26.8. The van der Waals surface area contributed by atoms with Gasteiger partial charge in [-0.2, -0.15) is 8.42 Å². The van der Waals surface area contributed by atoms with Crippen LogP contribution in [0.5, 0.6) is 11.5 Å². The standard InChI is InChI=1S/C44H51ClN4O7S/c1-10-35(55-36-22-21-30(43(6,7)11-2)26-33(36)44(8,9)12-3)41(51)46-31-18-16-17-29(25-31)40(50)47-39-38(56-57(53,54)32-19-14-13-15-20-32)42(52)49(48-39)37-28(5)23-27(4)24-34(37)45/h13-26,35,48H,10-12H2,1-9H3,(H,46,51)(H,47,50). The molecule has 1 atom stereocenters. The topological polar surface area (TPSA) is 149 Å². The van der Waals surface area contributed by atoms with Crippen molar-refractivity contribution in [3.05, 3.63) is 128 Å². The lowest BCUT2D eigenvalue weighted by Crippen LogP contribution is -2.33. The molecule has 57 heavy (non-hydrogen) atoms. The molecule has 0 aliphatic rings. The predicted molar refractivity (Wildman–Crippen MR) is 226 cm³/mol. The normalized spacial score (nSPS) is 12.5. The Balaban J connectivity index is 1.43. The number of carbonyl (C=O) groups excluding carboxylic acids is 2. The van der Waals surface area contributed by atoms with E-state index in [-0.39, 0.29) is 37.8 Å². The van der Waals surface area contributed by atoms with Gasteiger partial charge in [-0.1, -0.05) is 103 Å². The first-order valence-electron chi connectivity index (χ1n) is 19.0. The van der Waals surface area contributed by atoms with Crippen molar-refractivity contribution in [3.8, 4) is 17.2 Å². The fraction of sp³-hybridized carbons (Fsp3) is 0.341. The molecule has 0 bridgehead atoms. The van der Waals surface area contributed by atoms with Crippen LogP contribution in [0.15, 0.2) is 94.6 Å². The molecule has 5 rings (SSSR count). The number of H-pyrrole nitrogens is 1. The number of amides is 2. The molecule has 13 heteroatoms. The second-order valence-corrected chi connectivity index (χ2v) is 17.4. The van der Waals surface area contributed by atoms with E-state index in [0.717, 1.165) is 28.7 Å². The van der Waals surface area contributed by atoms with Crippen molar-refractivity contribution in [1.29, 1.82) is 0 Å². The maximum atomic E-state index is 13.8. The highest BCUT2D eigenvalue weighted by Crippen LogP contribution is 2.39. The molecular weight excluding hydrogens is 764 g/mol. The minimum absolute atomic E-state index is 0.0302. The summed E-state index contributed by atoms with van der Waals surface area (Å²) in [5, 5.41) is 8.46. The summed E-state index contributed by atoms with van der Waals surface area (Å²) in [7, 11) is -4.51. The highest BCUT2D eigenvalue weighted by molar-refractivity contribution is 7.87. The fourth-order valence-corrected chi connectivity index (χ4v) is 7.64. The molecule has 2 amide bonds. The first-order valence-corrected chi connectivity index (χ1v) is 20.8. The maximum Gasteiger partial charge on any atom is 0.339 e. The van der Waals surface area contributed by atoms with Gasteiger partial charge in [0.15, 0.2) is 11.9 Å². The second kappa shape index (κ2) is 17.0. The van der Waals surface area contributed by atoms with Crippen LogP contribution in [0.4, 0.5) is 11.5 Å². The van der Waals surface area contributed by atoms with E-state index in [1.807, 2.05) is 19.9 Å². The Labute approximate surface area is 339 Å². The van der Waals surface area contributed by atoms with E-state index >= 15 is 0 Å². The van der Waals surface area contributed by atoms with E-state index in [1.54, 1.807) is 37.3 Å². The van der Waals surface area contributed by atoms with Crippen LogP contribution >= 0.6 is 11.6 Å². The monoisotopic (exact) mass is 814 g/mol. The predicted octanol–water partition coefficient (Wildman–Crippen LogP) is 9.63. The van der Waals surface area contributed by atoms with Crippen LogP contribution in [0.25, 0.3) is 5.69 Å². The van der Waals surface area contributed by atoms with E-state index in [0.29, 0.717) is 23.4 Å². The number of nitrogens with zero attached hydrogens (tertiary/aromatic N) is 1. The molecule has 3 N–H and O–H groups in total. The van der Waals surface area contributed by atoms with Gasteiger partial charge in [-0.25, -0.2) is 4.68 Å². The highest BCUT2D eigenvalue weighted by Gasteiger charge is 2.30. The number of aryl methyl sites for hydroxylation is 2. The number of aromatic nitrogens is 2. The number of aromatic amines is 1. The number of anilines is 2. The molecule has 0 saturated heterocycles. The lowest BCUT2D eigenvalue weighted by molar-refractivity contribution is -0.122. The van der Waals surface area contributed by atoms with E-state index < -0.39 is 39.3 Å². The van der Waals surface area contributed by atoms with Crippen molar-refractivity contribution in [2.45, 2.75) is 103 Å². The third-order valence-electron chi connectivity index (χ3n) is 10.5. The van der Waals surface area contributed by atoms with Crippen molar-refractivity contribution in [2.75, 3.05) is 10.6 Å². The number of carbonyl (C=O) groups is 2. The quantitative estimate of drug-likeness (QED) is 0.0892. The Morgan fingerprint density at radius 3 is 2.18 bits per heavy atom. The molecule has 0 saturated carbocycles. The zero-order chi connectivity index (χ0) is 41.9. The van der Waals surface area contributed by atoms with Gasteiger partial charge in [0, 0.05) is 16.8 Å². The van der Waals surface area contributed by atoms with E-state index in [1.165, 1.54) is 42.0 Å². The van der Waals surface area contributed by atoms with Crippen molar-refractivity contribution in [1.82, 2.24) is 9.78 Å². The Kier molecular flexibility index (Phi) is 12.8. The van der Waals surface area contributed by atoms with Crippen molar-refractivity contribution < 1.29 is 26.9 Å². The Bertz CT molecular complexity index is 2430. The number of rotatable bonds is 15. The summed E-state index contributed by atoms with van der Waals surface area (Å²) in [5.41, 5.74) is 3.20. The fourth-order valence-electron chi connectivity index (χ4n) is 6.28. The number of nitrogens with one attached hydrogen (secondary N) is 3. The molecule has 0 aliphatic carbocycles. The van der Waals surface area contributed by atoms with E-state index in [2.05, 4.69) is 69.4 Å². The van der Waals surface area contributed by atoms with Gasteiger partial charge in [0.2, 0.25) is 0 Å². The number of ether oxygens (including phenoxy) is 1. The Morgan fingerprint density at radius 2 is 1.54 bits per heavy atom. The molecule has 11 nitrogen and oxygen atoms in total. The molecule has 1 aromatic heterocycles. The highest BCUT2D eigenvalue weighted by atomic mass is 35.5. The Hall–Kier alpha value is -5.33. The summed E-state index contributed by atoms with van der Waals surface area (Å²) in [5.74, 6) is -1.48. The SMILES string of the molecule is CCC(Oc1ccc(C(C)(C)CC)cc1C(C)(C)CC)C(=O)Nc1cccc(C(=O)Nc2[nH]n(-c3c(C)cc(C)cc3Cl)c(=O)c2OS(=O)(=O)c2ccccc2)c1. The molecule has 0 radical (unpaired) electrons. The van der Waals surface area contributed by atoms with Crippen LogP contribution in [0, 0.1) is 13.8 Å². The van der Waals surface area contributed by atoms with Crippen molar-refractivity contribution >= 4 is 45.0 Å². The van der Waals surface area contributed by atoms with Gasteiger partial charge in [-0.15, -0.1) is 0 Å². The molecule has 1 heterocycles. The number of hydrogen-bond donors (Lipinski definition) is 3. The summed E-state index contributed by atoms with van der Waals surface area (Å²) < 4.78 is 39.5. The van der Waals surface area contributed by atoms with Crippen LogP contribution in [0.3, 0.4) is 0 Å². The van der Waals surface area contributed by atoms with Crippen LogP contribution in [0.2, 0.25) is 5.02 Å². The van der Waals surface area contributed by atoms with Crippen LogP contribution in [0.1, 0.15) is 100 Å². The minimum atomic E-state index is -4.51. The van der Waals surface area contributed by atoms with Crippen molar-refractivity contribution in [2.24, 2.45) is 0 Å². The summed E-state index contributed by atoms with van der Waals surface area (Å²) in [6.45, 7) is 18.5. The van der Waals surface area contributed by atoms with E-state index in [9.17, 15) is 22.8 Å². The molecule has 0 spiro atoms. The zero-order valence-electron chi connectivity index (χ0n) is 33.9. The van der Waals surface area contributed by atoms with E-state index in [4.69, 9.17) is 20.5 Å². The molecule has 5 aromatic rings. The summed E-state index contributed by atoms with van der Waals surface area (Å²) in [4.78, 5) is 41.1. The van der Waals surface area contributed by atoms with Crippen LogP contribution < -0.4 is 25.1 Å². The first kappa shape index (κ1) is 42.8. The summed E-state index contributed by atoms with van der Waals surface area (Å²) in [6, 6.07) is 23.2.